The van der Waals surface area contributed by atoms with Crippen LogP contribution in [0, 0.1) is 17.2 Å². The Morgan fingerprint density at radius 2 is 1.53 bits per heavy atom. The van der Waals surface area contributed by atoms with Crippen molar-refractivity contribution >= 4 is 22.7 Å². The van der Waals surface area contributed by atoms with Crippen molar-refractivity contribution < 1.29 is 9.90 Å². The Kier molecular flexibility index (Phi) is 5.55. The number of benzene rings is 1. The molecule has 3 heterocycles. The van der Waals surface area contributed by atoms with Crippen LogP contribution < -0.4 is 5.56 Å². The van der Waals surface area contributed by atoms with E-state index in [4.69, 9.17) is 5.41 Å². The summed E-state index contributed by atoms with van der Waals surface area (Å²) in [6.45, 7) is 0. The molecule has 180 valence electrons. The van der Waals surface area contributed by atoms with Gasteiger partial charge >= 0.3 is 5.97 Å². The number of piperidine rings is 2. The van der Waals surface area contributed by atoms with Crippen LogP contribution >= 0.6 is 0 Å². The standard InChI is InChI=1S/C27H34N4O3/c28-24(27(33)34)25-26(32)31(23-10-2-1-9-22(23)29-25)21-14-18-7-4-8-19(15-21)30(18)20-12-16-5-3-6-17(11-16)13-20/h1-2,9-10,16-21,28H,3-8,11-15H2,(H,33,34). The molecule has 4 aliphatic rings. The molecule has 2 aliphatic carbocycles. The number of para-hydroxylation sites is 2. The molecule has 7 nitrogen and oxygen atoms in total. The van der Waals surface area contributed by atoms with Gasteiger partial charge < -0.3 is 9.67 Å². The molecule has 0 radical (unpaired) electrons. The van der Waals surface area contributed by atoms with Gasteiger partial charge in [-0.15, -0.1) is 0 Å². The van der Waals surface area contributed by atoms with Crippen molar-refractivity contribution in [3.63, 3.8) is 0 Å². The number of rotatable bonds is 4. The fourth-order valence-electron chi connectivity index (χ4n) is 7.92. The molecule has 4 fully saturated rings. The molecule has 1 aromatic carbocycles. The number of carboxylic acids is 1. The molecule has 7 heteroatoms. The summed E-state index contributed by atoms with van der Waals surface area (Å²) in [6.07, 6.45) is 13.7. The molecule has 4 bridgehead atoms. The number of aromatic nitrogens is 2. The topological polar surface area (TPSA) is 99.3 Å². The highest BCUT2D eigenvalue weighted by molar-refractivity contribution is 6.40. The van der Waals surface area contributed by atoms with Gasteiger partial charge in [0.15, 0.2) is 11.4 Å². The van der Waals surface area contributed by atoms with E-state index in [0.29, 0.717) is 23.6 Å². The van der Waals surface area contributed by atoms with Crippen molar-refractivity contribution in [3.8, 4) is 0 Å². The Balaban J connectivity index is 1.36. The second-order valence-electron chi connectivity index (χ2n) is 11.1. The van der Waals surface area contributed by atoms with E-state index < -0.39 is 17.2 Å². The minimum absolute atomic E-state index is 0.00962. The predicted molar refractivity (Wildman–Crippen MR) is 130 cm³/mol. The first kappa shape index (κ1) is 22.0. The summed E-state index contributed by atoms with van der Waals surface area (Å²) in [7, 11) is 0. The third kappa shape index (κ3) is 3.69. The Morgan fingerprint density at radius 1 is 0.882 bits per heavy atom. The molecular weight excluding hydrogens is 428 g/mol. The van der Waals surface area contributed by atoms with Crippen LogP contribution in [0.4, 0.5) is 0 Å². The van der Waals surface area contributed by atoms with Gasteiger partial charge in [-0.05, 0) is 68.9 Å². The van der Waals surface area contributed by atoms with E-state index in [1.807, 2.05) is 18.2 Å². The third-order valence-corrected chi connectivity index (χ3v) is 9.14. The summed E-state index contributed by atoms with van der Waals surface area (Å²) in [4.78, 5) is 32.2. The molecule has 0 amide bonds. The Morgan fingerprint density at radius 3 is 2.21 bits per heavy atom. The second-order valence-corrected chi connectivity index (χ2v) is 11.1. The van der Waals surface area contributed by atoms with Crippen molar-refractivity contribution in [2.45, 2.75) is 94.8 Å². The summed E-state index contributed by atoms with van der Waals surface area (Å²) in [5, 5.41) is 17.4. The summed E-state index contributed by atoms with van der Waals surface area (Å²) >= 11 is 0. The van der Waals surface area contributed by atoms with Gasteiger partial charge in [0.05, 0.1) is 11.0 Å². The number of carboxylic acid groups (broad SMARTS) is 1. The largest absolute Gasteiger partial charge is 0.476 e. The van der Waals surface area contributed by atoms with Gasteiger partial charge in [0.25, 0.3) is 5.56 Å². The van der Waals surface area contributed by atoms with Crippen molar-refractivity contribution in [2.75, 3.05) is 0 Å². The molecule has 34 heavy (non-hydrogen) atoms. The second kappa shape index (κ2) is 8.59. The summed E-state index contributed by atoms with van der Waals surface area (Å²) < 4.78 is 1.79. The van der Waals surface area contributed by atoms with Crippen LogP contribution in [0.25, 0.3) is 11.0 Å². The highest BCUT2D eigenvalue weighted by Gasteiger charge is 2.45. The lowest BCUT2D eigenvalue weighted by atomic mass is 9.68. The van der Waals surface area contributed by atoms with Gasteiger partial charge in [-0.25, -0.2) is 9.78 Å². The maximum Gasteiger partial charge on any atom is 0.356 e. The number of aliphatic carboxylic acids is 1. The first-order chi connectivity index (χ1) is 16.5. The molecular formula is C27H34N4O3. The van der Waals surface area contributed by atoms with E-state index >= 15 is 0 Å². The fraction of sp³-hybridized carbons (Fsp3) is 0.630. The van der Waals surface area contributed by atoms with Crippen LogP contribution in [0.15, 0.2) is 29.1 Å². The number of hydrogen-bond acceptors (Lipinski definition) is 5. The van der Waals surface area contributed by atoms with Crippen molar-refractivity contribution in [2.24, 2.45) is 11.8 Å². The number of carbonyl (C=O) groups is 1. The van der Waals surface area contributed by atoms with Gasteiger partial charge in [0.2, 0.25) is 0 Å². The normalized spacial score (nSPS) is 33.5. The van der Waals surface area contributed by atoms with E-state index in [9.17, 15) is 14.7 Å². The lowest BCUT2D eigenvalue weighted by molar-refractivity contribution is -0.129. The first-order valence-corrected chi connectivity index (χ1v) is 13.1. The van der Waals surface area contributed by atoms with E-state index in [1.54, 1.807) is 10.6 Å². The van der Waals surface area contributed by atoms with E-state index in [1.165, 1.54) is 57.8 Å². The van der Waals surface area contributed by atoms with E-state index in [2.05, 4.69) is 9.88 Å². The lowest BCUT2D eigenvalue weighted by Crippen LogP contribution is -2.58. The zero-order valence-corrected chi connectivity index (χ0v) is 19.7. The maximum atomic E-state index is 13.5. The highest BCUT2D eigenvalue weighted by atomic mass is 16.4. The minimum atomic E-state index is -1.42. The monoisotopic (exact) mass is 462 g/mol. The van der Waals surface area contributed by atoms with Crippen LogP contribution in [-0.2, 0) is 4.79 Å². The molecule has 4 unspecified atom stereocenters. The van der Waals surface area contributed by atoms with Crippen molar-refractivity contribution in [1.82, 2.24) is 14.5 Å². The SMILES string of the molecule is N=C(C(=O)O)c1nc2ccccc2n(C2CC3CCCC(C2)N3C2CC3CCCC(C3)C2)c1=O. The molecule has 6 rings (SSSR count). The number of fused-ring (bicyclic) bond motifs is 5. The molecule has 2 saturated heterocycles. The molecule has 4 atom stereocenters. The quantitative estimate of drug-likeness (QED) is 0.657. The summed E-state index contributed by atoms with van der Waals surface area (Å²) in [6, 6.07) is 9.10. The zero-order chi connectivity index (χ0) is 23.4. The summed E-state index contributed by atoms with van der Waals surface area (Å²) in [5.41, 5.74) is -0.0847. The molecule has 2 N–H and O–H groups in total. The molecule has 2 aliphatic heterocycles. The van der Waals surface area contributed by atoms with Crippen LogP contribution in [0.1, 0.15) is 82.4 Å². The predicted octanol–water partition coefficient (Wildman–Crippen LogP) is 4.38. The molecule has 0 spiro atoms. The van der Waals surface area contributed by atoms with Crippen LogP contribution in [0.2, 0.25) is 0 Å². The van der Waals surface area contributed by atoms with Gasteiger partial charge in [-0.1, -0.05) is 37.8 Å². The zero-order valence-electron chi connectivity index (χ0n) is 19.7. The highest BCUT2D eigenvalue weighted by Crippen LogP contribution is 2.47. The number of nitrogens with one attached hydrogen (secondary N) is 1. The maximum absolute atomic E-state index is 13.5. The van der Waals surface area contributed by atoms with Gasteiger partial charge in [-0.3, -0.25) is 15.1 Å². The van der Waals surface area contributed by atoms with Crippen LogP contribution in [0.5, 0.6) is 0 Å². The van der Waals surface area contributed by atoms with Gasteiger partial charge in [0.1, 0.15) is 0 Å². The van der Waals surface area contributed by atoms with Crippen molar-refractivity contribution in [3.05, 3.63) is 40.3 Å². The average Bonchev–Trinajstić information content (AvgIpc) is 2.82. The van der Waals surface area contributed by atoms with Crippen LogP contribution in [0.3, 0.4) is 0 Å². The lowest BCUT2D eigenvalue weighted by Gasteiger charge is -2.55. The number of nitrogens with zero attached hydrogens (tertiary/aromatic N) is 3. The summed E-state index contributed by atoms with van der Waals surface area (Å²) in [5.74, 6) is 0.376. The van der Waals surface area contributed by atoms with Crippen molar-refractivity contribution in [1.29, 1.82) is 5.41 Å². The fourth-order valence-corrected chi connectivity index (χ4v) is 7.92. The smallest absolute Gasteiger partial charge is 0.356 e. The molecule has 1 aromatic heterocycles. The van der Waals surface area contributed by atoms with Crippen LogP contribution in [-0.4, -0.2) is 49.4 Å². The third-order valence-electron chi connectivity index (χ3n) is 9.14. The van der Waals surface area contributed by atoms with E-state index in [-0.39, 0.29) is 11.7 Å². The first-order valence-electron chi connectivity index (χ1n) is 13.1. The van der Waals surface area contributed by atoms with Gasteiger partial charge in [0, 0.05) is 24.2 Å². The molecule has 2 aromatic rings. The Labute approximate surface area is 199 Å². The minimum Gasteiger partial charge on any atom is -0.476 e. The Hall–Kier alpha value is -2.54. The Bertz CT molecular complexity index is 1160. The average molecular weight is 463 g/mol. The van der Waals surface area contributed by atoms with Gasteiger partial charge in [-0.2, -0.15) is 0 Å². The number of hydrogen-bond donors (Lipinski definition) is 2. The molecule has 2 saturated carbocycles. The van der Waals surface area contributed by atoms with E-state index in [0.717, 1.165) is 30.2 Å².